The Morgan fingerprint density at radius 3 is 2.18 bits per heavy atom. The highest BCUT2D eigenvalue weighted by molar-refractivity contribution is 5.86. The van der Waals surface area contributed by atoms with Gasteiger partial charge < -0.3 is 20.1 Å². The Bertz CT molecular complexity index is 1300. The standard InChI is InChI=1S/C30H31N3O6/c1-3-37-29(35)26-17-27(33(39-26)20-11-5-4-6-12-20)32-28(34)19(2)31-30(36)38-18-25-23-15-9-7-13-21(23)22-14-8-10-16-24(22)25/h4-16,19,25-27H,3,17-18H2,1-2H3,(H,31,36)(H,32,34)/t19-,26+,27-/m0/s1. The first-order chi connectivity index (χ1) is 19.0. The Morgan fingerprint density at radius 1 is 0.923 bits per heavy atom. The van der Waals surface area contributed by atoms with Crippen LogP contribution >= 0.6 is 0 Å². The molecule has 9 nitrogen and oxygen atoms in total. The molecule has 2 N–H and O–H groups in total. The van der Waals surface area contributed by atoms with Crippen LogP contribution in [-0.4, -0.2) is 49.5 Å². The number of hydrogen-bond donors (Lipinski definition) is 2. The average molecular weight is 530 g/mol. The molecule has 3 atom stereocenters. The van der Waals surface area contributed by atoms with E-state index in [1.165, 1.54) is 5.06 Å². The summed E-state index contributed by atoms with van der Waals surface area (Å²) in [4.78, 5) is 43.8. The lowest BCUT2D eigenvalue weighted by Gasteiger charge is -2.26. The molecule has 1 saturated heterocycles. The van der Waals surface area contributed by atoms with E-state index in [0.717, 1.165) is 22.3 Å². The number of hydroxylamine groups is 1. The molecule has 1 aliphatic heterocycles. The monoisotopic (exact) mass is 529 g/mol. The van der Waals surface area contributed by atoms with Crippen molar-refractivity contribution in [3.8, 4) is 11.1 Å². The molecule has 9 heteroatoms. The fraction of sp³-hybridized carbons (Fsp3) is 0.300. The maximum atomic E-state index is 13.0. The summed E-state index contributed by atoms with van der Waals surface area (Å²) in [6, 6.07) is 24.4. The third-order valence-electron chi connectivity index (χ3n) is 6.90. The van der Waals surface area contributed by atoms with Crippen LogP contribution < -0.4 is 15.7 Å². The zero-order chi connectivity index (χ0) is 27.4. The molecule has 202 valence electrons. The number of benzene rings is 3. The van der Waals surface area contributed by atoms with Crippen LogP contribution in [-0.2, 0) is 23.9 Å². The maximum Gasteiger partial charge on any atom is 0.407 e. The van der Waals surface area contributed by atoms with Crippen LogP contribution in [0, 0.1) is 0 Å². The van der Waals surface area contributed by atoms with Gasteiger partial charge in [0.05, 0.1) is 12.3 Å². The van der Waals surface area contributed by atoms with Gasteiger partial charge in [0.25, 0.3) is 0 Å². The molecular weight excluding hydrogens is 498 g/mol. The number of carbonyl (C=O) groups excluding carboxylic acids is 3. The van der Waals surface area contributed by atoms with Gasteiger partial charge in [0.15, 0.2) is 6.10 Å². The second-order valence-corrected chi connectivity index (χ2v) is 9.46. The smallest absolute Gasteiger partial charge is 0.407 e. The normalized spacial score (nSPS) is 18.6. The molecule has 1 heterocycles. The van der Waals surface area contributed by atoms with E-state index in [1.54, 1.807) is 13.8 Å². The summed E-state index contributed by atoms with van der Waals surface area (Å²) in [5, 5.41) is 6.96. The van der Waals surface area contributed by atoms with Gasteiger partial charge in [-0.15, -0.1) is 0 Å². The number of nitrogens with zero attached hydrogens (tertiary/aromatic N) is 1. The SMILES string of the molecule is CCOC(=O)[C@H]1C[C@@H](NC(=O)[C@H](C)NC(=O)OCC2c3ccccc3-c3ccccc32)N(c2ccccc2)O1. The van der Waals surface area contributed by atoms with E-state index in [-0.39, 0.29) is 25.6 Å². The Labute approximate surface area is 227 Å². The topological polar surface area (TPSA) is 106 Å². The highest BCUT2D eigenvalue weighted by atomic mass is 16.7. The summed E-state index contributed by atoms with van der Waals surface area (Å²) in [5.41, 5.74) is 5.16. The Morgan fingerprint density at radius 2 is 1.54 bits per heavy atom. The van der Waals surface area contributed by atoms with E-state index in [2.05, 4.69) is 22.8 Å². The third-order valence-corrected chi connectivity index (χ3v) is 6.90. The van der Waals surface area contributed by atoms with Crippen LogP contribution in [0.25, 0.3) is 11.1 Å². The molecule has 0 radical (unpaired) electrons. The van der Waals surface area contributed by atoms with Crippen LogP contribution in [0.2, 0.25) is 0 Å². The molecule has 2 aliphatic rings. The van der Waals surface area contributed by atoms with Gasteiger partial charge in [0, 0.05) is 12.3 Å². The first-order valence-electron chi connectivity index (χ1n) is 13.1. The largest absolute Gasteiger partial charge is 0.464 e. The molecular formula is C30H31N3O6. The van der Waals surface area contributed by atoms with Crippen molar-refractivity contribution in [2.75, 3.05) is 18.3 Å². The van der Waals surface area contributed by atoms with E-state index in [9.17, 15) is 14.4 Å². The zero-order valence-corrected chi connectivity index (χ0v) is 21.8. The van der Waals surface area contributed by atoms with E-state index in [4.69, 9.17) is 14.3 Å². The molecule has 3 aromatic rings. The number of para-hydroxylation sites is 1. The Hall–Kier alpha value is -4.37. The number of hydrogen-bond acceptors (Lipinski definition) is 7. The van der Waals surface area contributed by atoms with Gasteiger partial charge in [0.1, 0.15) is 18.8 Å². The van der Waals surface area contributed by atoms with Gasteiger partial charge in [-0.1, -0.05) is 66.7 Å². The second-order valence-electron chi connectivity index (χ2n) is 9.46. The summed E-state index contributed by atoms with van der Waals surface area (Å²) in [6.45, 7) is 3.66. The lowest BCUT2D eigenvalue weighted by Crippen LogP contribution is -2.51. The molecule has 1 aliphatic carbocycles. The molecule has 3 aromatic carbocycles. The Kier molecular flexibility index (Phi) is 7.79. The highest BCUT2D eigenvalue weighted by Crippen LogP contribution is 2.44. The van der Waals surface area contributed by atoms with Gasteiger partial charge in [-0.3, -0.25) is 9.63 Å². The van der Waals surface area contributed by atoms with E-state index in [0.29, 0.717) is 5.69 Å². The highest BCUT2D eigenvalue weighted by Gasteiger charge is 2.40. The molecule has 1 fully saturated rings. The number of rotatable bonds is 8. The van der Waals surface area contributed by atoms with E-state index < -0.39 is 36.3 Å². The number of esters is 1. The van der Waals surface area contributed by atoms with Crippen molar-refractivity contribution in [1.29, 1.82) is 0 Å². The van der Waals surface area contributed by atoms with Crippen LogP contribution in [0.1, 0.15) is 37.3 Å². The van der Waals surface area contributed by atoms with Gasteiger partial charge in [-0.2, -0.15) is 0 Å². The first-order valence-corrected chi connectivity index (χ1v) is 13.1. The van der Waals surface area contributed by atoms with Gasteiger partial charge in [0.2, 0.25) is 5.91 Å². The minimum atomic E-state index is -0.889. The van der Waals surface area contributed by atoms with Crippen molar-refractivity contribution < 1.29 is 28.7 Å². The van der Waals surface area contributed by atoms with E-state index >= 15 is 0 Å². The average Bonchev–Trinajstić information content (AvgIpc) is 3.52. The predicted octanol–water partition coefficient (Wildman–Crippen LogP) is 4.13. The number of carbonyl (C=O) groups is 3. The number of alkyl carbamates (subject to hydrolysis) is 1. The number of amides is 2. The molecule has 0 spiro atoms. The molecule has 0 aromatic heterocycles. The van der Waals surface area contributed by atoms with Crippen molar-refractivity contribution in [3.05, 3.63) is 90.0 Å². The number of nitrogens with one attached hydrogen (secondary N) is 2. The van der Waals surface area contributed by atoms with Crippen molar-refractivity contribution in [2.45, 2.75) is 44.5 Å². The van der Waals surface area contributed by atoms with Crippen molar-refractivity contribution >= 4 is 23.7 Å². The fourth-order valence-electron chi connectivity index (χ4n) is 5.03. The number of anilines is 1. The minimum Gasteiger partial charge on any atom is -0.464 e. The van der Waals surface area contributed by atoms with Gasteiger partial charge in [-0.25, -0.2) is 14.7 Å². The van der Waals surface area contributed by atoms with Crippen LogP contribution in [0.4, 0.5) is 10.5 Å². The molecule has 0 saturated carbocycles. The van der Waals surface area contributed by atoms with Gasteiger partial charge in [-0.05, 0) is 48.2 Å². The van der Waals surface area contributed by atoms with Crippen molar-refractivity contribution in [1.82, 2.24) is 10.6 Å². The lowest BCUT2D eigenvalue weighted by atomic mass is 9.98. The molecule has 2 amide bonds. The number of ether oxygens (including phenoxy) is 2. The molecule has 0 unspecified atom stereocenters. The summed E-state index contributed by atoms with van der Waals surface area (Å²) < 4.78 is 10.7. The molecule has 39 heavy (non-hydrogen) atoms. The van der Waals surface area contributed by atoms with Crippen LogP contribution in [0.3, 0.4) is 0 Å². The Balaban J connectivity index is 1.19. The zero-order valence-electron chi connectivity index (χ0n) is 21.8. The quantitative estimate of drug-likeness (QED) is 0.423. The maximum absolute atomic E-state index is 13.0. The third kappa shape index (κ3) is 5.58. The second kappa shape index (κ2) is 11.6. The molecule has 0 bridgehead atoms. The van der Waals surface area contributed by atoms with Crippen LogP contribution in [0.5, 0.6) is 0 Å². The van der Waals surface area contributed by atoms with Crippen molar-refractivity contribution in [2.24, 2.45) is 0 Å². The predicted molar refractivity (Wildman–Crippen MR) is 145 cm³/mol. The minimum absolute atomic E-state index is 0.0813. The first kappa shape index (κ1) is 26.2. The molecule has 5 rings (SSSR count). The summed E-state index contributed by atoms with van der Waals surface area (Å²) in [5.74, 6) is -1.02. The lowest BCUT2D eigenvalue weighted by molar-refractivity contribution is -0.154. The summed E-state index contributed by atoms with van der Waals surface area (Å²) >= 11 is 0. The van der Waals surface area contributed by atoms with Gasteiger partial charge >= 0.3 is 12.1 Å². The van der Waals surface area contributed by atoms with Crippen LogP contribution in [0.15, 0.2) is 78.9 Å². The number of fused-ring (bicyclic) bond motifs is 3. The summed E-state index contributed by atoms with van der Waals surface area (Å²) in [6.07, 6.45) is -2.00. The van der Waals surface area contributed by atoms with E-state index in [1.807, 2.05) is 66.7 Å². The fourth-order valence-corrected chi connectivity index (χ4v) is 5.03. The summed E-state index contributed by atoms with van der Waals surface area (Å²) in [7, 11) is 0. The van der Waals surface area contributed by atoms with Crippen molar-refractivity contribution in [3.63, 3.8) is 0 Å².